The Bertz CT molecular complexity index is 935. The van der Waals surface area contributed by atoms with Crippen LogP contribution in [0.3, 0.4) is 0 Å². The highest BCUT2D eigenvalue weighted by molar-refractivity contribution is 7.90. The molecule has 3 rings (SSSR count). The molecule has 8 nitrogen and oxygen atoms in total. The van der Waals surface area contributed by atoms with Gasteiger partial charge in [0.25, 0.3) is 0 Å². The minimum atomic E-state index is -3.04. The fourth-order valence-corrected chi connectivity index (χ4v) is 4.17. The summed E-state index contributed by atoms with van der Waals surface area (Å²) in [6.07, 6.45) is 3.61. The number of nitrogens with zero attached hydrogens (tertiary/aromatic N) is 2. The Morgan fingerprint density at radius 2 is 2.00 bits per heavy atom. The molecule has 1 aromatic heterocycles. The average molecular weight is 433 g/mol. The van der Waals surface area contributed by atoms with E-state index < -0.39 is 9.84 Å². The Balaban J connectivity index is 1.71. The zero-order valence-corrected chi connectivity index (χ0v) is 18.1. The summed E-state index contributed by atoms with van der Waals surface area (Å²) in [7, 11) is -1.45. The molecule has 1 aliphatic rings. The number of nitrogens with one attached hydrogen (secondary N) is 2. The number of amides is 2. The number of ether oxygens (including phenoxy) is 1. The number of anilines is 1. The number of likely N-dealkylation sites (tertiary alicyclic amines) is 1. The summed E-state index contributed by atoms with van der Waals surface area (Å²) in [5, 5.41) is 5.92. The molecule has 0 bridgehead atoms. The fraction of sp³-hybridized carbons (Fsp3) is 0.429. The number of methoxy groups -OCH3 is 1. The molecule has 1 saturated heterocycles. The first-order valence-corrected chi connectivity index (χ1v) is 11.9. The lowest BCUT2D eigenvalue weighted by Gasteiger charge is -2.38. The predicted octanol–water partition coefficient (Wildman–Crippen LogP) is 2.11. The van der Waals surface area contributed by atoms with E-state index in [1.54, 1.807) is 13.3 Å². The summed E-state index contributed by atoms with van der Waals surface area (Å²) in [6, 6.07) is 12.6. The van der Waals surface area contributed by atoms with Crippen molar-refractivity contribution in [2.75, 3.05) is 44.1 Å². The Labute approximate surface area is 177 Å². The van der Waals surface area contributed by atoms with Gasteiger partial charge in [-0.25, -0.2) is 13.2 Å². The van der Waals surface area contributed by atoms with E-state index in [-0.39, 0.29) is 23.7 Å². The Morgan fingerprint density at radius 3 is 2.63 bits per heavy atom. The maximum Gasteiger partial charge on any atom is 0.319 e. The van der Waals surface area contributed by atoms with Gasteiger partial charge in [0.1, 0.15) is 15.6 Å². The third-order valence-corrected chi connectivity index (χ3v) is 6.12. The van der Waals surface area contributed by atoms with Gasteiger partial charge in [-0.3, -0.25) is 4.98 Å². The highest BCUT2D eigenvalue weighted by Crippen LogP contribution is 2.27. The number of hydrogen-bond donors (Lipinski definition) is 2. The molecule has 30 heavy (non-hydrogen) atoms. The number of para-hydroxylation sites is 1. The number of urea groups is 1. The summed E-state index contributed by atoms with van der Waals surface area (Å²) >= 11 is 0. The second-order valence-electron chi connectivity index (χ2n) is 7.52. The maximum absolute atomic E-state index is 12.5. The minimum absolute atomic E-state index is 0.0641. The summed E-state index contributed by atoms with van der Waals surface area (Å²) in [5.74, 6) is 0.711. The monoisotopic (exact) mass is 432 g/mol. The molecular formula is C21H28N4O4S. The summed E-state index contributed by atoms with van der Waals surface area (Å²) in [5.41, 5.74) is 1.56. The molecule has 1 aromatic carbocycles. The predicted molar refractivity (Wildman–Crippen MR) is 117 cm³/mol. The van der Waals surface area contributed by atoms with E-state index in [1.807, 2.05) is 42.5 Å². The van der Waals surface area contributed by atoms with Gasteiger partial charge in [0.2, 0.25) is 0 Å². The molecule has 2 atom stereocenters. The van der Waals surface area contributed by atoms with Gasteiger partial charge in [-0.1, -0.05) is 18.2 Å². The van der Waals surface area contributed by atoms with Crippen molar-refractivity contribution in [3.05, 3.63) is 54.4 Å². The Hall–Kier alpha value is -2.65. The quantitative estimate of drug-likeness (QED) is 0.695. The van der Waals surface area contributed by atoms with Gasteiger partial charge >= 0.3 is 6.03 Å². The van der Waals surface area contributed by atoms with Crippen LogP contribution in [0.1, 0.15) is 18.0 Å². The summed E-state index contributed by atoms with van der Waals surface area (Å²) < 4.78 is 28.3. The molecule has 0 saturated carbocycles. The standard InChI is InChI=1S/C21H28N4O4S/c1-29-17-8-9-19(22-14-17)18-15-25(12-13-30(2,27)28)11-10-20(18)24-21(26)23-16-6-4-3-5-7-16/h3-9,14,18,20H,10-13,15H2,1-2H3,(H2,23,24,26). The van der Waals surface area contributed by atoms with E-state index in [1.165, 1.54) is 6.26 Å². The molecule has 162 valence electrons. The van der Waals surface area contributed by atoms with Gasteiger partial charge in [-0.15, -0.1) is 0 Å². The minimum Gasteiger partial charge on any atom is -0.495 e. The topological polar surface area (TPSA) is 101 Å². The fourth-order valence-electron chi connectivity index (χ4n) is 3.58. The largest absolute Gasteiger partial charge is 0.495 e. The molecule has 2 unspecified atom stereocenters. The van der Waals surface area contributed by atoms with Crippen molar-refractivity contribution in [2.45, 2.75) is 18.4 Å². The first-order chi connectivity index (χ1) is 14.3. The van der Waals surface area contributed by atoms with Crippen LogP contribution < -0.4 is 15.4 Å². The van der Waals surface area contributed by atoms with Gasteiger partial charge in [0, 0.05) is 49.2 Å². The van der Waals surface area contributed by atoms with E-state index in [2.05, 4.69) is 20.5 Å². The second kappa shape index (κ2) is 9.90. The molecule has 9 heteroatoms. The van der Waals surface area contributed by atoms with Crippen LogP contribution in [0.2, 0.25) is 0 Å². The van der Waals surface area contributed by atoms with E-state index in [4.69, 9.17) is 4.74 Å². The number of benzene rings is 1. The van der Waals surface area contributed by atoms with E-state index in [0.29, 0.717) is 31.8 Å². The van der Waals surface area contributed by atoms with Crippen molar-refractivity contribution in [1.29, 1.82) is 0 Å². The van der Waals surface area contributed by atoms with Crippen LogP contribution >= 0.6 is 0 Å². The molecular weight excluding hydrogens is 404 g/mol. The highest BCUT2D eigenvalue weighted by atomic mass is 32.2. The van der Waals surface area contributed by atoms with Crippen molar-refractivity contribution >= 4 is 21.6 Å². The normalized spacial score (nSPS) is 19.8. The van der Waals surface area contributed by atoms with Crippen LogP contribution in [0.4, 0.5) is 10.5 Å². The van der Waals surface area contributed by atoms with Gasteiger partial charge in [-0.05, 0) is 30.7 Å². The van der Waals surface area contributed by atoms with Crippen LogP contribution in [0.25, 0.3) is 0 Å². The SMILES string of the molecule is COc1ccc(C2CN(CCS(C)(=O)=O)CCC2NC(=O)Nc2ccccc2)nc1. The number of rotatable bonds is 7. The molecule has 0 radical (unpaired) electrons. The number of carbonyl (C=O) groups excluding carboxylic acids is 1. The van der Waals surface area contributed by atoms with Crippen molar-refractivity contribution in [3.8, 4) is 5.75 Å². The van der Waals surface area contributed by atoms with E-state index in [9.17, 15) is 13.2 Å². The van der Waals surface area contributed by atoms with Crippen LogP contribution in [-0.2, 0) is 9.84 Å². The smallest absolute Gasteiger partial charge is 0.319 e. The second-order valence-corrected chi connectivity index (χ2v) is 9.78. The summed E-state index contributed by atoms with van der Waals surface area (Å²) in [4.78, 5) is 19.2. The van der Waals surface area contributed by atoms with Crippen LogP contribution in [-0.4, -0.2) is 69.1 Å². The maximum atomic E-state index is 12.5. The average Bonchev–Trinajstić information content (AvgIpc) is 2.73. The third-order valence-electron chi connectivity index (χ3n) is 5.20. The van der Waals surface area contributed by atoms with Crippen LogP contribution in [0.5, 0.6) is 5.75 Å². The number of piperidine rings is 1. The highest BCUT2D eigenvalue weighted by Gasteiger charge is 2.32. The van der Waals surface area contributed by atoms with Gasteiger partial charge < -0.3 is 20.3 Å². The zero-order valence-electron chi connectivity index (χ0n) is 17.2. The van der Waals surface area contributed by atoms with E-state index >= 15 is 0 Å². The molecule has 0 spiro atoms. The molecule has 2 N–H and O–H groups in total. The van der Waals surface area contributed by atoms with Gasteiger partial charge in [0.05, 0.1) is 19.1 Å². The first kappa shape index (κ1) is 22.0. The zero-order chi connectivity index (χ0) is 21.6. The lowest BCUT2D eigenvalue weighted by atomic mass is 9.89. The molecule has 2 amide bonds. The van der Waals surface area contributed by atoms with Gasteiger partial charge in [0.15, 0.2) is 0 Å². The number of hydrogen-bond acceptors (Lipinski definition) is 6. The Kier molecular flexibility index (Phi) is 7.28. The number of aromatic nitrogens is 1. The lowest BCUT2D eigenvalue weighted by Crippen LogP contribution is -2.51. The van der Waals surface area contributed by atoms with Crippen molar-refractivity contribution in [2.24, 2.45) is 0 Å². The van der Waals surface area contributed by atoms with Crippen LogP contribution in [0, 0.1) is 0 Å². The van der Waals surface area contributed by atoms with Crippen molar-refractivity contribution in [1.82, 2.24) is 15.2 Å². The summed E-state index contributed by atoms with van der Waals surface area (Å²) in [6.45, 7) is 1.79. The van der Waals surface area contributed by atoms with Crippen LogP contribution in [0.15, 0.2) is 48.7 Å². The third kappa shape index (κ3) is 6.43. The number of carbonyl (C=O) groups is 1. The molecule has 2 heterocycles. The van der Waals surface area contributed by atoms with Crippen molar-refractivity contribution < 1.29 is 17.9 Å². The van der Waals surface area contributed by atoms with E-state index in [0.717, 1.165) is 11.4 Å². The lowest BCUT2D eigenvalue weighted by molar-refractivity contribution is 0.180. The first-order valence-electron chi connectivity index (χ1n) is 9.86. The molecule has 2 aromatic rings. The molecule has 1 aliphatic heterocycles. The van der Waals surface area contributed by atoms with Crippen molar-refractivity contribution in [3.63, 3.8) is 0 Å². The number of sulfone groups is 1. The molecule has 0 aliphatic carbocycles. The number of pyridine rings is 1. The Morgan fingerprint density at radius 1 is 1.23 bits per heavy atom. The molecule has 1 fully saturated rings. The van der Waals surface area contributed by atoms with Gasteiger partial charge in [-0.2, -0.15) is 0 Å².